The third-order valence-corrected chi connectivity index (χ3v) is 5.17. The summed E-state index contributed by atoms with van der Waals surface area (Å²) in [4.78, 5) is 37.6. The summed E-state index contributed by atoms with van der Waals surface area (Å²) >= 11 is 0. The van der Waals surface area contributed by atoms with Crippen molar-refractivity contribution in [3.05, 3.63) is 35.7 Å². The van der Waals surface area contributed by atoms with Crippen molar-refractivity contribution in [3.63, 3.8) is 0 Å². The number of fused-ring (bicyclic) bond motifs is 2. The van der Waals surface area contributed by atoms with Crippen LogP contribution in [0.2, 0.25) is 0 Å². The van der Waals surface area contributed by atoms with Crippen molar-refractivity contribution >= 4 is 23.0 Å². The van der Waals surface area contributed by atoms with Gasteiger partial charge >= 0.3 is 6.09 Å². The summed E-state index contributed by atoms with van der Waals surface area (Å²) < 4.78 is 5.08. The summed E-state index contributed by atoms with van der Waals surface area (Å²) in [5.41, 5.74) is 2.87. The molecule has 3 aliphatic rings. The SMILES string of the molecule is O=C(c1nc2ccccc2nc1C1CC1)N1CCN2C(=O)OCC2C1. The van der Waals surface area contributed by atoms with Crippen molar-refractivity contribution in [2.24, 2.45) is 0 Å². The monoisotopic (exact) mass is 338 g/mol. The van der Waals surface area contributed by atoms with E-state index in [1.54, 1.807) is 9.80 Å². The van der Waals surface area contributed by atoms with Gasteiger partial charge in [-0.1, -0.05) is 12.1 Å². The second kappa shape index (κ2) is 5.40. The molecule has 0 radical (unpaired) electrons. The predicted molar refractivity (Wildman–Crippen MR) is 89.3 cm³/mol. The van der Waals surface area contributed by atoms with E-state index in [1.807, 2.05) is 24.3 Å². The molecule has 0 bridgehead atoms. The summed E-state index contributed by atoms with van der Waals surface area (Å²) in [5, 5.41) is 0. The van der Waals surface area contributed by atoms with Crippen LogP contribution >= 0.6 is 0 Å². The lowest BCUT2D eigenvalue weighted by Gasteiger charge is -2.35. The van der Waals surface area contributed by atoms with Crippen molar-refractivity contribution in [1.82, 2.24) is 19.8 Å². The minimum absolute atomic E-state index is 0.0528. The van der Waals surface area contributed by atoms with E-state index in [1.165, 1.54) is 0 Å². The van der Waals surface area contributed by atoms with Crippen molar-refractivity contribution in [3.8, 4) is 0 Å². The highest BCUT2D eigenvalue weighted by Gasteiger charge is 2.40. The number of carbonyl (C=O) groups is 2. The van der Waals surface area contributed by atoms with Crippen molar-refractivity contribution in [1.29, 1.82) is 0 Å². The first-order valence-electron chi connectivity index (χ1n) is 8.70. The van der Waals surface area contributed by atoms with Gasteiger partial charge in [0.25, 0.3) is 5.91 Å². The zero-order valence-corrected chi connectivity index (χ0v) is 13.7. The van der Waals surface area contributed by atoms with E-state index in [0.717, 1.165) is 29.6 Å². The fraction of sp³-hybridized carbons (Fsp3) is 0.444. The van der Waals surface area contributed by atoms with Crippen molar-refractivity contribution < 1.29 is 14.3 Å². The molecule has 1 saturated carbocycles. The van der Waals surface area contributed by atoms with E-state index in [9.17, 15) is 9.59 Å². The normalized spacial score (nSPS) is 22.9. The van der Waals surface area contributed by atoms with Crippen LogP contribution < -0.4 is 0 Å². The Bertz CT molecular complexity index is 880. The maximum atomic E-state index is 13.1. The first kappa shape index (κ1) is 14.6. The van der Waals surface area contributed by atoms with E-state index in [4.69, 9.17) is 9.72 Å². The molecule has 0 spiro atoms. The average molecular weight is 338 g/mol. The molecule has 25 heavy (non-hydrogen) atoms. The molecule has 7 heteroatoms. The fourth-order valence-electron chi connectivity index (χ4n) is 3.64. The minimum atomic E-state index is -0.277. The number of carbonyl (C=O) groups excluding carboxylic acids is 2. The van der Waals surface area contributed by atoms with Crippen LogP contribution in [0.25, 0.3) is 11.0 Å². The van der Waals surface area contributed by atoms with Gasteiger partial charge < -0.3 is 9.64 Å². The maximum Gasteiger partial charge on any atom is 0.410 e. The van der Waals surface area contributed by atoms with Crippen LogP contribution in [0.5, 0.6) is 0 Å². The fourth-order valence-corrected chi connectivity index (χ4v) is 3.64. The highest BCUT2D eigenvalue weighted by molar-refractivity contribution is 5.95. The second-order valence-corrected chi connectivity index (χ2v) is 6.90. The van der Waals surface area contributed by atoms with Gasteiger partial charge in [0, 0.05) is 25.6 Å². The van der Waals surface area contributed by atoms with Gasteiger partial charge in [-0.25, -0.2) is 14.8 Å². The average Bonchev–Trinajstić information content (AvgIpc) is 3.43. The van der Waals surface area contributed by atoms with E-state index in [-0.39, 0.29) is 18.0 Å². The molecule has 2 aliphatic heterocycles. The first-order chi connectivity index (χ1) is 12.2. The number of ether oxygens (including phenoxy) is 1. The largest absolute Gasteiger partial charge is 0.447 e. The lowest BCUT2D eigenvalue weighted by Crippen LogP contribution is -2.54. The summed E-state index contributed by atoms with van der Waals surface area (Å²) in [6.45, 7) is 1.85. The molecule has 2 amide bonds. The lowest BCUT2D eigenvalue weighted by atomic mass is 10.1. The first-order valence-corrected chi connectivity index (χ1v) is 8.70. The van der Waals surface area contributed by atoms with Gasteiger partial charge in [-0.05, 0) is 25.0 Å². The Hall–Kier alpha value is -2.70. The topological polar surface area (TPSA) is 75.6 Å². The van der Waals surface area contributed by atoms with Crippen LogP contribution in [0.1, 0.15) is 34.9 Å². The molecule has 5 rings (SSSR count). The summed E-state index contributed by atoms with van der Waals surface area (Å²) in [5.74, 6) is 0.257. The van der Waals surface area contributed by atoms with Gasteiger partial charge in [0.2, 0.25) is 0 Å². The summed E-state index contributed by atoms with van der Waals surface area (Å²) in [7, 11) is 0. The summed E-state index contributed by atoms with van der Waals surface area (Å²) in [6, 6.07) is 7.61. The molecule has 1 unspecified atom stereocenters. The van der Waals surface area contributed by atoms with Gasteiger partial charge in [0.1, 0.15) is 6.61 Å². The van der Waals surface area contributed by atoms with E-state index in [0.29, 0.717) is 37.9 Å². The Kier molecular flexibility index (Phi) is 3.16. The Morgan fingerprint density at radius 1 is 1.12 bits per heavy atom. The zero-order valence-electron chi connectivity index (χ0n) is 13.7. The molecule has 7 nitrogen and oxygen atoms in total. The van der Waals surface area contributed by atoms with Crippen LogP contribution in [0.3, 0.4) is 0 Å². The molecule has 1 atom stereocenters. The molecule has 1 aromatic heterocycles. The Morgan fingerprint density at radius 2 is 1.88 bits per heavy atom. The molecular weight excluding hydrogens is 320 g/mol. The third kappa shape index (κ3) is 2.42. The summed E-state index contributed by atoms with van der Waals surface area (Å²) in [6.07, 6.45) is 1.85. The van der Waals surface area contributed by atoms with Gasteiger partial charge in [0.15, 0.2) is 5.69 Å². The van der Waals surface area contributed by atoms with Crippen LogP contribution in [-0.4, -0.2) is 64.1 Å². The highest BCUT2D eigenvalue weighted by Crippen LogP contribution is 2.41. The number of hydrogen-bond donors (Lipinski definition) is 0. The molecule has 1 aliphatic carbocycles. The number of nitrogens with zero attached hydrogens (tertiary/aromatic N) is 4. The molecule has 2 aromatic rings. The number of benzene rings is 1. The van der Waals surface area contributed by atoms with E-state index in [2.05, 4.69) is 4.98 Å². The number of piperazine rings is 1. The zero-order chi connectivity index (χ0) is 17.0. The quantitative estimate of drug-likeness (QED) is 0.834. The van der Waals surface area contributed by atoms with Crippen molar-refractivity contribution in [2.75, 3.05) is 26.2 Å². The van der Waals surface area contributed by atoms with Gasteiger partial charge in [-0.3, -0.25) is 9.69 Å². The number of hydrogen-bond acceptors (Lipinski definition) is 5. The molecule has 2 saturated heterocycles. The molecular formula is C18H18N4O3. The number of para-hydroxylation sites is 2. The molecule has 1 aromatic carbocycles. The van der Waals surface area contributed by atoms with E-state index >= 15 is 0 Å². The smallest absolute Gasteiger partial charge is 0.410 e. The number of rotatable bonds is 2. The molecule has 3 heterocycles. The number of amides is 2. The van der Waals surface area contributed by atoms with Gasteiger partial charge in [-0.15, -0.1) is 0 Å². The van der Waals surface area contributed by atoms with Crippen LogP contribution in [0, 0.1) is 0 Å². The predicted octanol–water partition coefficient (Wildman–Crippen LogP) is 1.78. The van der Waals surface area contributed by atoms with Crippen molar-refractivity contribution in [2.45, 2.75) is 24.8 Å². The molecule has 0 N–H and O–H groups in total. The van der Waals surface area contributed by atoms with Crippen LogP contribution in [0.15, 0.2) is 24.3 Å². The number of aromatic nitrogens is 2. The Labute approximate surface area is 144 Å². The van der Waals surface area contributed by atoms with Gasteiger partial charge in [-0.2, -0.15) is 0 Å². The minimum Gasteiger partial charge on any atom is -0.447 e. The molecule has 3 fully saturated rings. The standard InChI is InChI=1S/C18H18N4O3/c23-17(21-7-8-22-12(9-21)10-25-18(22)24)16-15(11-5-6-11)19-13-3-1-2-4-14(13)20-16/h1-4,11-12H,5-10H2. The van der Waals surface area contributed by atoms with Crippen LogP contribution in [-0.2, 0) is 4.74 Å². The van der Waals surface area contributed by atoms with Crippen LogP contribution in [0.4, 0.5) is 4.79 Å². The Morgan fingerprint density at radius 3 is 2.64 bits per heavy atom. The third-order valence-electron chi connectivity index (χ3n) is 5.17. The second-order valence-electron chi connectivity index (χ2n) is 6.90. The Balaban J connectivity index is 1.49. The number of cyclic esters (lactones) is 1. The lowest BCUT2D eigenvalue weighted by molar-refractivity contribution is 0.0610. The highest BCUT2D eigenvalue weighted by atomic mass is 16.6. The molecule has 128 valence electrons. The van der Waals surface area contributed by atoms with Gasteiger partial charge in [0.05, 0.1) is 22.8 Å². The van der Waals surface area contributed by atoms with E-state index < -0.39 is 0 Å². The maximum absolute atomic E-state index is 13.1.